The Kier molecular flexibility index (Phi) is 6.06. The van der Waals surface area contributed by atoms with Crippen LogP contribution >= 0.6 is 0 Å². The van der Waals surface area contributed by atoms with Crippen LogP contribution in [0.3, 0.4) is 0 Å². The van der Waals surface area contributed by atoms with Crippen molar-refractivity contribution in [2.45, 2.75) is 13.0 Å². The normalized spacial score (nSPS) is 12.8. The minimum atomic E-state index is -2.42. The highest BCUT2D eigenvalue weighted by Crippen LogP contribution is 2.34. The molecule has 0 saturated heterocycles. The number of rotatable bonds is 6. The summed E-state index contributed by atoms with van der Waals surface area (Å²) in [6.07, 6.45) is 1.63. The van der Waals surface area contributed by atoms with E-state index in [0.717, 1.165) is 10.9 Å². The fourth-order valence-corrected chi connectivity index (χ4v) is 4.14. The van der Waals surface area contributed by atoms with Crippen molar-refractivity contribution >= 4 is 39.5 Å². The summed E-state index contributed by atoms with van der Waals surface area (Å²) in [7, 11) is 0. The van der Waals surface area contributed by atoms with Crippen LogP contribution in [0.15, 0.2) is 91.1 Å². The Morgan fingerprint density at radius 3 is 2.39 bits per heavy atom. The van der Waals surface area contributed by atoms with Crippen LogP contribution in [0.2, 0.25) is 0 Å². The van der Waals surface area contributed by atoms with Crippen molar-refractivity contribution in [2.75, 3.05) is 4.31 Å². The number of anilines is 2. The number of aromatic nitrogens is 1. The summed E-state index contributed by atoms with van der Waals surface area (Å²) in [5.41, 5.74) is 2.59. The number of hydrogen-bond donors (Lipinski definition) is 2. The van der Waals surface area contributed by atoms with Crippen molar-refractivity contribution in [3.63, 3.8) is 0 Å². The fourth-order valence-electron chi connectivity index (χ4n) is 3.49. The fraction of sp³-hybridized carbons (Fsp3) is 0.0833. The van der Waals surface area contributed by atoms with Crippen molar-refractivity contribution in [1.82, 2.24) is 10.3 Å². The van der Waals surface area contributed by atoms with E-state index in [2.05, 4.69) is 10.3 Å². The second kappa shape index (κ2) is 9.07. The lowest BCUT2D eigenvalue weighted by Crippen LogP contribution is -2.29. The van der Waals surface area contributed by atoms with Crippen molar-refractivity contribution < 1.29 is 13.6 Å². The summed E-state index contributed by atoms with van der Waals surface area (Å²) in [6, 6.07) is 25.2. The maximum absolute atomic E-state index is 13.1. The number of fused-ring (bicyclic) bond motifs is 1. The quantitative estimate of drug-likeness (QED) is 0.421. The van der Waals surface area contributed by atoms with E-state index in [0.29, 0.717) is 22.5 Å². The van der Waals surface area contributed by atoms with Gasteiger partial charge in [0.1, 0.15) is 0 Å². The molecule has 1 aromatic heterocycles. The molecule has 7 heteroatoms. The Balaban J connectivity index is 1.75. The molecule has 0 aliphatic rings. The van der Waals surface area contributed by atoms with Crippen molar-refractivity contribution in [3.05, 3.63) is 102 Å². The standard InChI is InChI=1S/C24H21N3O3S/c1-17(18-9-3-2-4-10-18)26-24(28)20-13-5-6-14-21(20)27(31(29)30)22-15-7-11-19-12-8-16-25-23(19)22/h2-17H,1H3,(H,26,28)(H,29,30). The molecule has 1 amide bonds. The first-order valence-electron chi connectivity index (χ1n) is 9.76. The lowest BCUT2D eigenvalue weighted by atomic mass is 10.1. The third kappa shape index (κ3) is 4.33. The highest BCUT2D eigenvalue weighted by atomic mass is 32.2. The zero-order valence-corrected chi connectivity index (χ0v) is 17.6. The largest absolute Gasteiger partial charge is 0.345 e. The van der Waals surface area contributed by atoms with Gasteiger partial charge in [0.2, 0.25) is 0 Å². The second-order valence-corrected chi connectivity index (χ2v) is 7.83. The van der Waals surface area contributed by atoms with Gasteiger partial charge in [0.25, 0.3) is 17.2 Å². The Morgan fingerprint density at radius 1 is 0.935 bits per heavy atom. The Bertz CT molecular complexity index is 1240. The van der Waals surface area contributed by atoms with E-state index in [1.807, 2.05) is 49.4 Å². The van der Waals surface area contributed by atoms with Crippen LogP contribution in [0.25, 0.3) is 10.9 Å². The summed E-state index contributed by atoms with van der Waals surface area (Å²) < 4.78 is 23.8. The summed E-state index contributed by atoms with van der Waals surface area (Å²) in [4.78, 5) is 17.5. The number of carbonyl (C=O) groups excluding carboxylic acids is 1. The van der Waals surface area contributed by atoms with E-state index in [1.54, 1.807) is 48.7 Å². The molecule has 0 aliphatic heterocycles. The van der Waals surface area contributed by atoms with E-state index < -0.39 is 11.3 Å². The number of pyridine rings is 1. The average molecular weight is 432 g/mol. The molecule has 156 valence electrons. The number of benzene rings is 3. The maximum atomic E-state index is 13.1. The lowest BCUT2D eigenvalue weighted by Gasteiger charge is -2.24. The van der Waals surface area contributed by atoms with Crippen LogP contribution in [-0.4, -0.2) is 19.7 Å². The third-order valence-electron chi connectivity index (χ3n) is 5.00. The Morgan fingerprint density at radius 2 is 1.61 bits per heavy atom. The van der Waals surface area contributed by atoms with E-state index >= 15 is 0 Å². The van der Waals surface area contributed by atoms with Gasteiger partial charge in [0.05, 0.1) is 28.5 Å². The van der Waals surface area contributed by atoms with Gasteiger partial charge >= 0.3 is 0 Å². The number of nitrogens with zero attached hydrogens (tertiary/aromatic N) is 2. The molecule has 1 heterocycles. The van der Waals surface area contributed by atoms with Gasteiger partial charge < -0.3 is 5.32 Å². The van der Waals surface area contributed by atoms with Crippen LogP contribution in [0.1, 0.15) is 28.9 Å². The average Bonchev–Trinajstić information content (AvgIpc) is 2.80. The SMILES string of the molecule is CC(NC(=O)c1ccccc1N(c1cccc2cccnc12)S(=O)O)c1ccccc1. The van der Waals surface area contributed by atoms with Crippen LogP contribution in [0, 0.1) is 0 Å². The third-order valence-corrected chi connectivity index (χ3v) is 5.71. The predicted octanol–water partition coefficient (Wildman–Crippen LogP) is 5.00. The molecule has 2 N–H and O–H groups in total. The van der Waals surface area contributed by atoms with Crippen molar-refractivity contribution in [2.24, 2.45) is 0 Å². The molecule has 0 radical (unpaired) electrons. The Labute approximate surface area is 183 Å². The molecule has 4 rings (SSSR count). The van der Waals surface area contributed by atoms with Gasteiger partial charge in [-0.25, -0.2) is 8.51 Å². The Hall–Kier alpha value is -3.55. The van der Waals surface area contributed by atoms with Crippen LogP contribution < -0.4 is 9.62 Å². The molecule has 0 spiro atoms. The summed E-state index contributed by atoms with van der Waals surface area (Å²) in [5.74, 6) is -0.337. The monoisotopic (exact) mass is 431 g/mol. The lowest BCUT2D eigenvalue weighted by molar-refractivity contribution is 0.0940. The molecule has 31 heavy (non-hydrogen) atoms. The van der Waals surface area contributed by atoms with Gasteiger partial charge in [-0.3, -0.25) is 14.3 Å². The number of carbonyl (C=O) groups is 1. The molecule has 2 atom stereocenters. The molecule has 0 bridgehead atoms. The smallest absolute Gasteiger partial charge is 0.266 e. The molecule has 6 nitrogen and oxygen atoms in total. The van der Waals surface area contributed by atoms with Gasteiger partial charge in [-0.2, -0.15) is 0 Å². The van der Waals surface area contributed by atoms with Gasteiger partial charge in [-0.15, -0.1) is 0 Å². The first-order chi connectivity index (χ1) is 15.1. The zero-order valence-electron chi connectivity index (χ0n) is 16.8. The summed E-state index contributed by atoms with van der Waals surface area (Å²) >= 11 is -2.42. The molecule has 4 aromatic rings. The maximum Gasteiger partial charge on any atom is 0.266 e. The summed E-state index contributed by atoms with van der Waals surface area (Å²) in [6.45, 7) is 1.90. The minimum absolute atomic E-state index is 0.228. The second-order valence-electron chi connectivity index (χ2n) is 7.00. The van der Waals surface area contributed by atoms with E-state index in [4.69, 9.17) is 0 Å². The van der Waals surface area contributed by atoms with Crippen LogP contribution in [0.5, 0.6) is 0 Å². The molecule has 0 saturated carbocycles. The highest BCUT2D eigenvalue weighted by Gasteiger charge is 2.24. The van der Waals surface area contributed by atoms with E-state index in [-0.39, 0.29) is 11.9 Å². The van der Waals surface area contributed by atoms with Crippen LogP contribution in [0.4, 0.5) is 11.4 Å². The minimum Gasteiger partial charge on any atom is -0.345 e. The molecule has 0 fully saturated rings. The van der Waals surface area contributed by atoms with Gasteiger partial charge in [-0.1, -0.05) is 60.7 Å². The zero-order chi connectivity index (χ0) is 21.8. The van der Waals surface area contributed by atoms with Gasteiger partial charge in [0.15, 0.2) is 0 Å². The van der Waals surface area contributed by atoms with Gasteiger partial charge in [0, 0.05) is 11.6 Å². The van der Waals surface area contributed by atoms with Crippen molar-refractivity contribution in [3.8, 4) is 0 Å². The van der Waals surface area contributed by atoms with Crippen LogP contribution in [-0.2, 0) is 11.3 Å². The summed E-state index contributed by atoms with van der Waals surface area (Å²) in [5, 5.41) is 3.80. The molecule has 2 unspecified atom stereocenters. The van der Waals surface area contributed by atoms with E-state index in [1.165, 1.54) is 4.31 Å². The van der Waals surface area contributed by atoms with E-state index in [9.17, 15) is 13.6 Å². The first kappa shape index (κ1) is 20.7. The molecular formula is C24H21N3O3S. The number of para-hydroxylation sites is 2. The number of hydrogen-bond acceptors (Lipinski definition) is 3. The predicted molar refractivity (Wildman–Crippen MR) is 123 cm³/mol. The van der Waals surface area contributed by atoms with Crippen molar-refractivity contribution in [1.29, 1.82) is 0 Å². The highest BCUT2D eigenvalue weighted by molar-refractivity contribution is 7.81. The molecule has 3 aromatic carbocycles. The first-order valence-corrected chi connectivity index (χ1v) is 10.8. The molecule has 0 aliphatic carbocycles. The molecular weight excluding hydrogens is 410 g/mol. The number of amides is 1. The number of nitrogens with one attached hydrogen (secondary N) is 1. The van der Waals surface area contributed by atoms with Gasteiger partial charge in [-0.05, 0) is 36.8 Å². The topological polar surface area (TPSA) is 82.5 Å².